The van der Waals surface area contributed by atoms with Gasteiger partial charge in [-0.15, -0.1) is 13.9 Å². The Morgan fingerprint density at radius 2 is 1.87 bits per heavy atom. The van der Waals surface area contributed by atoms with Gasteiger partial charge in [-0.05, 0) is 77.3 Å². The monoisotopic (exact) mass is 626 g/mol. The van der Waals surface area contributed by atoms with Crippen LogP contribution in [0.4, 0.5) is 19.0 Å². The van der Waals surface area contributed by atoms with Gasteiger partial charge in [0.25, 0.3) is 5.91 Å². The predicted octanol–water partition coefficient (Wildman–Crippen LogP) is 5.99. The van der Waals surface area contributed by atoms with Crippen LogP contribution >= 0.6 is 0 Å². The van der Waals surface area contributed by atoms with Gasteiger partial charge in [-0.2, -0.15) is 0 Å². The first-order valence-electron chi connectivity index (χ1n) is 14.1. The highest BCUT2D eigenvalue weighted by Gasteiger charge is 2.43. The zero-order chi connectivity index (χ0) is 32.4. The number of anilines is 1. The molecule has 0 radical (unpaired) electrons. The Morgan fingerprint density at radius 1 is 1.13 bits per heavy atom. The number of carboxylic acid groups (broad SMARTS) is 1. The van der Waals surface area contributed by atoms with Crippen molar-refractivity contribution in [2.45, 2.75) is 65.5 Å². The SMILES string of the molecule is Cc1nc2cc(NC(=O)c3ccc4c(c3)OC(F)(F)O4)nn2c(-c2cc(F)c3c(c2C)CCCO3)c1[C@H](OC(C)(C)C)C(=O)O. The lowest BCUT2D eigenvalue weighted by Crippen LogP contribution is -2.29. The second-order valence-electron chi connectivity index (χ2n) is 11.8. The van der Waals surface area contributed by atoms with Crippen LogP contribution in [0.3, 0.4) is 0 Å². The quantitative estimate of drug-likeness (QED) is 0.265. The molecule has 11 nitrogen and oxygen atoms in total. The minimum atomic E-state index is -3.85. The van der Waals surface area contributed by atoms with Gasteiger partial charge in [0.05, 0.1) is 17.9 Å². The molecular formula is C31H29F3N4O7. The molecule has 0 saturated heterocycles. The summed E-state index contributed by atoms with van der Waals surface area (Å²) in [4.78, 5) is 30.4. The molecule has 2 aliphatic rings. The van der Waals surface area contributed by atoms with E-state index in [9.17, 15) is 23.5 Å². The smallest absolute Gasteiger partial charge is 0.490 e. The molecule has 1 amide bonds. The van der Waals surface area contributed by atoms with E-state index in [0.717, 1.165) is 6.07 Å². The Hall–Kier alpha value is -4.85. The van der Waals surface area contributed by atoms with Crippen LogP contribution in [0.1, 0.15) is 66.0 Å². The lowest BCUT2D eigenvalue weighted by Gasteiger charge is -2.28. The number of carbonyl (C=O) groups excluding carboxylic acids is 1. The van der Waals surface area contributed by atoms with Crippen LogP contribution < -0.4 is 19.5 Å². The third-order valence-electron chi connectivity index (χ3n) is 7.38. The number of aliphatic carboxylic acids is 1. The first-order chi connectivity index (χ1) is 21.1. The van der Waals surface area contributed by atoms with Gasteiger partial charge in [-0.3, -0.25) is 4.79 Å². The molecule has 45 heavy (non-hydrogen) atoms. The normalized spacial score (nSPS) is 15.8. The van der Waals surface area contributed by atoms with Crippen LogP contribution in [0.2, 0.25) is 0 Å². The fourth-order valence-corrected chi connectivity index (χ4v) is 5.54. The number of nitrogens with zero attached hydrogens (tertiary/aromatic N) is 3. The summed E-state index contributed by atoms with van der Waals surface area (Å²) in [7, 11) is 0. The Kier molecular flexibility index (Phi) is 7.14. The molecule has 0 fully saturated rings. The van der Waals surface area contributed by atoms with E-state index in [-0.39, 0.29) is 51.2 Å². The maximum absolute atomic E-state index is 15.5. The number of carbonyl (C=O) groups is 2. The topological polar surface area (TPSA) is 134 Å². The Labute approximate surface area is 254 Å². The number of amides is 1. The number of aryl methyl sites for hydroxylation is 1. The molecule has 0 saturated carbocycles. The number of fused-ring (bicyclic) bond motifs is 3. The van der Waals surface area contributed by atoms with E-state index in [1.807, 2.05) is 0 Å². The number of ether oxygens (including phenoxy) is 4. The number of alkyl halides is 2. The van der Waals surface area contributed by atoms with Crippen molar-refractivity contribution in [2.24, 2.45) is 0 Å². The van der Waals surface area contributed by atoms with Gasteiger partial charge in [0.1, 0.15) is 0 Å². The number of hydrogen-bond acceptors (Lipinski definition) is 8. The van der Waals surface area contributed by atoms with Gasteiger partial charge in [0, 0.05) is 34.0 Å². The third-order valence-corrected chi connectivity index (χ3v) is 7.38. The largest absolute Gasteiger partial charge is 0.586 e. The summed E-state index contributed by atoms with van der Waals surface area (Å²) in [5.41, 5.74) is 1.64. The van der Waals surface area contributed by atoms with E-state index in [4.69, 9.17) is 9.47 Å². The molecule has 0 unspecified atom stereocenters. The van der Waals surface area contributed by atoms with Crippen molar-refractivity contribution in [1.82, 2.24) is 14.6 Å². The number of hydrogen-bond donors (Lipinski definition) is 2. The predicted molar refractivity (Wildman–Crippen MR) is 153 cm³/mol. The van der Waals surface area contributed by atoms with E-state index in [2.05, 4.69) is 24.9 Å². The molecule has 0 bridgehead atoms. The Morgan fingerprint density at radius 3 is 2.58 bits per heavy atom. The molecule has 2 aromatic carbocycles. The van der Waals surface area contributed by atoms with E-state index >= 15 is 4.39 Å². The first-order valence-corrected chi connectivity index (χ1v) is 14.1. The summed E-state index contributed by atoms with van der Waals surface area (Å²) >= 11 is 0. The lowest BCUT2D eigenvalue weighted by atomic mass is 9.91. The van der Waals surface area contributed by atoms with Gasteiger partial charge >= 0.3 is 12.3 Å². The number of aromatic nitrogens is 3. The number of benzene rings is 2. The molecule has 4 aromatic rings. The molecule has 14 heteroatoms. The molecule has 0 aliphatic carbocycles. The van der Waals surface area contributed by atoms with Crippen molar-refractivity contribution in [2.75, 3.05) is 11.9 Å². The van der Waals surface area contributed by atoms with Crippen molar-refractivity contribution >= 4 is 23.3 Å². The van der Waals surface area contributed by atoms with E-state index in [1.54, 1.807) is 34.6 Å². The summed E-state index contributed by atoms with van der Waals surface area (Å²) in [5, 5.41) is 17.4. The molecule has 4 heterocycles. The summed E-state index contributed by atoms with van der Waals surface area (Å²) in [5.74, 6) is -2.96. The maximum atomic E-state index is 15.5. The van der Waals surface area contributed by atoms with Gasteiger partial charge in [0.2, 0.25) is 0 Å². The minimum Gasteiger partial charge on any atom is -0.490 e. The van der Waals surface area contributed by atoms with E-state index < -0.39 is 35.7 Å². The van der Waals surface area contributed by atoms with E-state index in [0.29, 0.717) is 36.1 Å². The summed E-state index contributed by atoms with van der Waals surface area (Å²) in [6.07, 6.45) is -4.13. The second-order valence-corrected chi connectivity index (χ2v) is 11.8. The molecular weight excluding hydrogens is 597 g/mol. The van der Waals surface area contributed by atoms with E-state index in [1.165, 1.54) is 28.8 Å². The molecule has 1 atom stereocenters. The Balaban J connectivity index is 1.50. The summed E-state index contributed by atoms with van der Waals surface area (Å²) in [6.45, 7) is 8.92. The van der Waals surface area contributed by atoms with Crippen LogP contribution in [0, 0.1) is 19.7 Å². The molecule has 6 rings (SSSR count). The average Bonchev–Trinajstić information content (AvgIpc) is 3.49. The molecule has 236 valence electrons. The van der Waals surface area contributed by atoms with Crippen LogP contribution in [0.15, 0.2) is 30.3 Å². The fourth-order valence-electron chi connectivity index (χ4n) is 5.54. The number of rotatable bonds is 6. The van der Waals surface area contributed by atoms with Gasteiger partial charge in [0.15, 0.2) is 40.6 Å². The summed E-state index contributed by atoms with van der Waals surface area (Å²) < 4.78 is 64.3. The van der Waals surface area contributed by atoms with Crippen LogP contribution in [-0.4, -0.2) is 50.1 Å². The fraction of sp³-hybridized carbons (Fsp3) is 0.355. The van der Waals surface area contributed by atoms with Gasteiger partial charge < -0.3 is 29.4 Å². The van der Waals surface area contributed by atoms with Crippen molar-refractivity contribution in [3.63, 3.8) is 0 Å². The molecule has 2 aliphatic heterocycles. The number of nitrogens with one attached hydrogen (secondary N) is 1. The third kappa shape index (κ3) is 5.61. The highest BCUT2D eigenvalue weighted by atomic mass is 19.3. The molecule has 2 aromatic heterocycles. The van der Waals surface area contributed by atoms with Crippen LogP contribution in [0.5, 0.6) is 17.2 Å². The minimum absolute atomic E-state index is 0.0105. The molecule has 2 N–H and O–H groups in total. The Bertz CT molecular complexity index is 1880. The van der Waals surface area contributed by atoms with Crippen molar-refractivity contribution in [3.8, 4) is 28.5 Å². The number of carboxylic acids is 1. The van der Waals surface area contributed by atoms with Crippen molar-refractivity contribution in [1.29, 1.82) is 0 Å². The van der Waals surface area contributed by atoms with Gasteiger partial charge in [-0.25, -0.2) is 18.7 Å². The van der Waals surface area contributed by atoms with Crippen molar-refractivity contribution in [3.05, 3.63) is 64.1 Å². The highest BCUT2D eigenvalue weighted by molar-refractivity contribution is 6.04. The van der Waals surface area contributed by atoms with Gasteiger partial charge in [-0.1, -0.05) is 0 Å². The average molecular weight is 627 g/mol. The lowest BCUT2D eigenvalue weighted by molar-refractivity contribution is -0.286. The highest BCUT2D eigenvalue weighted by Crippen LogP contribution is 2.43. The van der Waals surface area contributed by atoms with Crippen LogP contribution in [0.25, 0.3) is 16.9 Å². The maximum Gasteiger partial charge on any atom is 0.586 e. The second kappa shape index (κ2) is 10.6. The standard InChI is InChI=1S/C31H29F3N4O7/c1-14-17-7-6-10-42-26(17)19(32)12-18(14)25-24(27(29(40)41)45-30(3,4)5)15(2)35-23-13-22(37-38(23)25)36-28(39)16-8-9-20-21(11-16)44-31(33,34)43-20/h8-9,11-13,27H,6-7,10H2,1-5H3,(H,40,41)(H,36,37,39)/t27-/m0/s1. The summed E-state index contributed by atoms with van der Waals surface area (Å²) in [6, 6.07) is 6.30. The number of halogens is 3. The van der Waals surface area contributed by atoms with Crippen molar-refractivity contribution < 1.29 is 46.8 Å². The molecule has 0 spiro atoms. The zero-order valence-electron chi connectivity index (χ0n) is 25.0. The van der Waals surface area contributed by atoms with Crippen LogP contribution in [-0.2, 0) is 16.0 Å². The first kappa shape index (κ1) is 30.2. The zero-order valence-corrected chi connectivity index (χ0v) is 25.0.